The van der Waals surface area contributed by atoms with Crippen molar-refractivity contribution < 1.29 is 13.9 Å². The summed E-state index contributed by atoms with van der Waals surface area (Å²) in [6, 6.07) is 12.0. The van der Waals surface area contributed by atoms with Gasteiger partial charge in [-0.2, -0.15) is 0 Å². The highest BCUT2D eigenvalue weighted by molar-refractivity contribution is 6.14. The van der Waals surface area contributed by atoms with Gasteiger partial charge in [-0.3, -0.25) is 24.2 Å². The molecule has 1 aliphatic carbocycles. The van der Waals surface area contributed by atoms with Gasteiger partial charge in [0.2, 0.25) is 0 Å². The van der Waals surface area contributed by atoms with Gasteiger partial charge in [0.1, 0.15) is 17.0 Å². The summed E-state index contributed by atoms with van der Waals surface area (Å²) in [7, 11) is 0. The lowest BCUT2D eigenvalue weighted by atomic mass is 9.95. The van der Waals surface area contributed by atoms with Gasteiger partial charge in [-0.15, -0.1) is 0 Å². The van der Waals surface area contributed by atoms with Crippen LogP contribution >= 0.6 is 0 Å². The van der Waals surface area contributed by atoms with E-state index >= 15 is 0 Å². The van der Waals surface area contributed by atoms with Crippen LogP contribution in [0.3, 0.4) is 0 Å². The molecule has 0 atom stereocenters. The normalized spacial score (nSPS) is 14.7. The molecule has 35 heavy (non-hydrogen) atoms. The van der Waals surface area contributed by atoms with Crippen molar-refractivity contribution in [2.75, 3.05) is 6.61 Å². The number of carbonyl (C=O) groups excluding carboxylic acids is 1. The zero-order valence-electron chi connectivity index (χ0n) is 18.9. The summed E-state index contributed by atoms with van der Waals surface area (Å²) in [5.74, 6) is -0.0801. The topological polar surface area (TPSA) is 136 Å². The van der Waals surface area contributed by atoms with Crippen LogP contribution < -0.4 is 21.5 Å². The van der Waals surface area contributed by atoms with Gasteiger partial charge >= 0.3 is 0 Å². The molecule has 1 aliphatic rings. The fourth-order valence-electron chi connectivity index (χ4n) is 5.17. The summed E-state index contributed by atoms with van der Waals surface area (Å²) in [6.45, 7) is -0.223. The Morgan fingerprint density at radius 1 is 1.09 bits per heavy atom. The van der Waals surface area contributed by atoms with Crippen molar-refractivity contribution in [1.29, 1.82) is 0 Å². The van der Waals surface area contributed by atoms with Gasteiger partial charge < -0.3 is 19.9 Å². The number of furan rings is 1. The largest absolute Gasteiger partial charge is 0.484 e. The van der Waals surface area contributed by atoms with Crippen LogP contribution in [-0.2, 0) is 4.79 Å². The number of hydrogen-bond acceptors (Lipinski definition) is 5. The van der Waals surface area contributed by atoms with E-state index in [0.29, 0.717) is 33.5 Å². The fraction of sp³-hybridized carbons (Fsp3) is 0.269. The second-order valence-corrected chi connectivity index (χ2v) is 9.07. The number of benzene rings is 2. The number of amides is 1. The third-order valence-electron chi connectivity index (χ3n) is 6.77. The van der Waals surface area contributed by atoms with Gasteiger partial charge in [0, 0.05) is 17.0 Å². The summed E-state index contributed by atoms with van der Waals surface area (Å²) in [4.78, 5) is 39.8. The Labute approximate surface area is 198 Å². The highest BCUT2D eigenvalue weighted by atomic mass is 16.5. The molecule has 178 valence electrons. The van der Waals surface area contributed by atoms with Gasteiger partial charge in [-0.05, 0) is 42.7 Å². The average Bonchev–Trinajstić information content (AvgIpc) is 3.39. The van der Waals surface area contributed by atoms with E-state index in [1.54, 1.807) is 18.2 Å². The van der Waals surface area contributed by atoms with E-state index in [0.717, 1.165) is 42.1 Å². The SMILES string of the molecule is NC(=O)COc1ccc(-c2c3oc4cc(=O)ccc4c3[nH]c3c2c(=O)[nH]n3C2CCCCC2)cc1. The molecule has 0 radical (unpaired) electrons. The Hall–Kier alpha value is -4.27. The maximum Gasteiger partial charge on any atom is 0.274 e. The number of H-pyrrole nitrogens is 2. The molecule has 1 amide bonds. The number of ether oxygens (including phenoxy) is 1. The summed E-state index contributed by atoms with van der Waals surface area (Å²) in [5.41, 5.74) is 8.57. The Morgan fingerprint density at radius 3 is 2.60 bits per heavy atom. The monoisotopic (exact) mass is 472 g/mol. The van der Waals surface area contributed by atoms with Crippen LogP contribution in [0, 0.1) is 0 Å². The Balaban J connectivity index is 1.63. The summed E-state index contributed by atoms with van der Waals surface area (Å²) < 4.78 is 13.5. The molecule has 0 bridgehead atoms. The second-order valence-electron chi connectivity index (χ2n) is 9.07. The lowest BCUT2D eigenvalue weighted by Gasteiger charge is -2.23. The minimum absolute atomic E-state index is 0.150. The lowest BCUT2D eigenvalue weighted by Crippen LogP contribution is -2.19. The maximum atomic E-state index is 13.3. The number of aromatic nitrogens is 3. The summed E-state index contributed by atoms with van der Waals surface area (Å²) in [6.07, 6.45) is 5.44. The van der Waals surface area contributed by atoms with Gasteiger partial charge in [0.25, 0.3) is 11.5 Å². The quantitative estimate of drug-likeness (QED) is 0.356. The molecular formula is C26H24N4O5. The molecular weight excluding hydrogens is 448 g/mol. The van der Waals surface area contributed by atoms with E-state index in [1.807, 2.05) is 16.8 Å². The summed E-state index contributed by atoms with van der Waals surface area (Å²) in [5, 5.41) is 4.33. The average molecular weight is 473 g/mol. The van der Waals surface area contributed by atoms with Gasteiger partial charge in [0.05, 0.1) is 16.9 Å². The number of carbonyl (C=O) groups is 1. The van der Waals surface area contributed by atoms with Crippen LogP contribution in [0.1, 0.15) is 38.1 Å². The van der Waals surface area contributed by atoms with Crippen LogP contribution in [0.15, 0.2) is 56.5 Å². The van der Waals surface area contributed by atoms with Crippen molar-refractivity contribution >= 4 is 39.0 Å². The molecule has 6 rings (SSSR count). The molecule has 9 nitrogen and oxygen atoms in total. The number of rotatable bonds is 5. The van der Waals surface area contributed by atoms with E-state index in [2.05, 4.69) is 10.1 Å². The van der Waals surface area contributed by atoms with Crippen LogP contribution in [0.5, 0.6) is 5.75 Å². The van der Waals surface area contributed by atoms with Gasteiger partial charge in [-0.1, -0.05) is 31.4 Å². The molecule has 3 heterocycles. The molecule has 4 N–H and O–H groups in total. The predicted octanol–water partition coefficient (Wildman–Crippen LogP) is 3.95. The lowest BCUT2D eigenvalue weighted by molar-refractivity contribution is -0.119. The predicted molar refractivity (Wildman–Crippen MR) is 133 cm³/mol. The highest BCUT2D eigenvalue weighted by Crippen LogP contribution is 2.39. The number of nitrogens with one attached hydrogen (secondary N) is 2. The molecule has 0 spiro atoms. The van der Waals surface area contributed by atoms with Crippen molar-refractivity contribution in [2.24, 2.45) is 5.73 Å². The van der Waals surface area contributed by atoms with Crippen molar-refractivity contribution in [1.82, 2.24) is 14.8 Å². The number of nitrogens with zero attached hydrogens (tertiary/aromatic N) is 1. The third kappa shape index (κ3) is 3.60. The van der Waals surface area contributed by atoms with Gasteiger partial charge in [0.15, 0.2) is 17.6 Å². The van der Waals surface area contributed by atoms with Crippen LogP contribution in [-0.4, -0.2) is 27.3 Å². The minimum Gasteiger partial charge on any atom is -0.484 e. The molecule has 0 saturated heterocycles. The molecule has 0 unspecified atom stereocenters. The summed E-state index contributed by atoms with van der Waals surface area (Å²) >= 11 is 0. The molecule has 5 aromatic rings. The van der Waals surface area contributed by atoms with Crippen molar-refractivity contribution in [3.63, 3.8) is 0 Å². The highest BCUT2D eigenvalue weighted by Gasteiger charge is 2.25. The number of nitrogens with two attached hydrogens (primary N) is 1. The first-order valence-electron chi connectivity index (χ1n) is 11.7. The Morgan fingerprint density at radius 2 is 1.86 bits per heavy atom. The molecule has 3 aromatic heterocycles. The number of fused-ring (bicyclic) bond motifs is 4. The standard InChI is InChI=1S/C26H24N4O5/c27-20(32)13-34-17-9-6-14(7-10-17)21-22-25(30(29-26(22)33)15-4-2-1-3-5-15)28-23-18-11-8-16(31)12-19(18)35-24(21)23/h6-12,15,28H,1-5,13H2,(H2,27,32)(H,29,33). The van der Waals surface area contributed by atoms with Crippen molar-refractivity contribution in [3.05, 3.63) is 63.0 Å². The first-order chi connectivity index (χ1) is 17.0. The van der Waals surface area contributed by atoms with E-state index < -0.39 is 5.91 Å². The van der Waals surface area contributed by atoms with E-state index in [4.69, 9.17) is 14.9 Å². The molecule has 9 heteroatoms. The van der Waals surface area contributed by atoms with E-state index in [-0.39, 0.29) is 23.6 Å². The zero-order chi connectivity index (χ0) is 24.1. The first kappa shape index (κ1) is 21.3. The molecule has 1 saturated carbocycles. The maximum absolute atomic E-state index is 13.3. The van der Waals surface area contributed by atoms with Crippen LogP contribution in [0.4, 0.5) is 0 Å². The number of pyridine rings is 1. The Bertz CT molecular complexity index is 1700. The molecule has 1 fully saturated rings. The van der Waals surface area contributed by atoms with E-state index in [1.165, 1.54) is 18.6 Å². The fourth-order valence-corrected chi connectivity index (χ4v) is 5.17. The second kappa shape index (κ2) is 8.19. The first-order valence-corrected chi connectivity index (χ1v) is 11.7. The van der Waals surface area contributed by atoms with E-state index in [9.17, 15) is 14.4 Å². The van der Waals surface area contributed by atoms with Crippen LogP contribution in [0.25, 0.3) is 44.2 Å². The molecule has 0 aliphatic heterocycles. The van der Waals surface area contributed by atoms with Crippen molar-refractivity contribution in [3.8, 4) is 16.9 Å². The smallest absolute Gasteiger partial charge is 0.274 e. The number of primary amides is 1. The van der Waals surface area contributed by atoms with Crippen molar-refractivity contribution in [2.45, 2.75) is 38.1 Å². The molecule has 2 aromatic carbocycles. The number of hydrogen-bond donors (Lipinski definition) is 3. The zero-order valence-corrected chi connectivity index (χ0v) is 18.9. The third-order valence-corrected chi connectivity index (χ3v) is 6.77. The Kier molecular flexibility index (Phi) is 4.98. The van der Waals surface area contributed by atoms with Crippen LogP contribution in [0.2, 0.25) is 0 Å². The number of aromatic amines is 2. The van der Waals surface area contributed by atoms with Gasteiger partial charge in [-0.25, -0.2) is 0 Å². The minimum atomic E-state index is -0.563.